The van der Waals surface area contributed by atoms with E-state index in [1.54, 1.807) is 7.11 Å². The van der Waals surface area contributed by atoms with Gasteiger partial charge < -0.3 is 20.5 Å². The summed E-state index contributed by atoms with van der Waals surface area (Å²) in [5, 5.41) is 2.77. The Bertz CT molecular complexity index is 211. The highest BCUT2D eigenvalue weighted by atomic mass is 16.5. The van der Waals surface area contributed by atoms with Crippen molar-refractivity contribution in [3.05, 3.63) is 0 Å². The van der Waals surface area contributed by atoms with Crippen molar-refractivity contribution in [2.24, 2.45) is 5.73 Å². The number of ether oxygens (including phenoxy) is 2. The summed E-state index contributed by atoms with van der Waals surface area (Å²) in [5.74, 6) is -0.0739. The van der Waals surface area contributed by atoms with Crippen molar-refractivity contribution in [2.75, 3.05) is 26.9 Å². The van der Waals surface area contributed by atoms with E-state index in [2.05, 4.69) is 5.32 Å². The molecule has 0 aromatic rings. The maximum atomic E-state index is 11.4. The fourth-order valence-corrected chi connectivity index (χ4v) is 1.84. The number of hydrogen-bond acceptors (Lipinski definition) is 4. The molecule has 1 aliphatic rings. The minimum absolute atomic E-state index is 0.0599. The lowest BCUT2D eigenvalue weighted by Crippen LogP contribution is -2.36. The lowest BCUT2D eigenvalue weighted by Gasteiger charge is -2.15. The zero-order valence-electron chi connectivity index (χ0n) is 9.91. The number of nitrogens with one attached hydrogen (secondary N) is 1. The molecule has 0 spiro atoms. The third kappa shape index (κ3) is 4.92. The molecule has 1 fully saturated rings. The maximum Gasteiger partial charge on any atom is 0.246 e. The van der Waals surface area contributed by atoms with Crippen LogP contribution in [0.4, 0.5) is 0 Å². The van der Waals surface area contributed by atoms with Gasteiger partial charge in [-0.25, -0.2) is 0 Å². The van der Waals surface area contributed by atoms with Gasteiger partial charge in [0.25, 0.3) is 0 Å². The van der Waals surface area contributed by atoms with Crippen LogP contribution in [-0.2, 0) is 14.3 Å². The average Bonchev–Trinajstić information content (AvgIpc) is 2.67. The molecular weight excluding hydrogens is 208 g/mol. The third-order valence-corrected chi connectivity index (χ3v) is 2.78. The first kappa shape index (κ1) is 13.4. The monoisotopic (exact) mass is 230 g/mol. The number of nitrogens with two attached hydrogens (primary N) is 1. The van der Waals surface area contributed by atoms with Crippen molar-refractivity contribution < 1.29 is 14.3 Å². The van der Waals surface area contributed by atoms with Crippen LogP contribution in [0.1, 0.15) is 25.7 Å². The second-order valence-corrected chi connectivity index (χ2v) is 4.14. The predicted molar refractivity (Wildman–Crippen MR) is 61.1 cm³/mol. The Kier molecular flexibility index (Phi) is 6.37. The molecule has 1 amide bonds. The van der Waals surface area contributed by atoms with Gasteiger partial charge in [-0.15, -0.1) is 0 Å². The molecule has 16 heavy (non-hydrogen) atoms. The molecule has 0 bridgehead atoms. The molecule has 1 aliphatic carbocycles. The standard InChI is InChI=1S/C11H22N2O3/c1-15-7-3-6-13-11(14)8-16-10-5-2-4-9(10)12/h9-10H,2-8,12H2,1H3,(H,13,14). The Balaban J connectivity index is 2.01. The van der Waals surface area contributed by atoms with Crippen LogP contribution in [-0.4, -0.2) is 44.9 Å². The Morgan fingerprint density at radius 2 is 2.31 bits per heavy atom. The zero-order chi connectivity index (χ0) is 11.8. The number of carbonyl (C=O) groups is 1. The predicted octanol–water partition coefficient (Wildman–Crippen LogP) is 0.0355. The molecule has 2 unspecified atom stereocenters. The number of rotatable bonds is 7. The summed E-state index contributed by atoms with van der Waals surface area (Å²) in [5.41, 5.74) is 5.83. The van der Waals surface area contributed by atoms with E-state index in [0.29, 0.717) is 13.2 Å². The second kappa shape index (κ2) is 7.60. The first-order chi connectivity index (χ1) is 7.74. The van der Waals surface area contributed by atoms with Crippen LogP contribution in [0.2, 0.25) is 0 Å². The number of methoxy groups -OCH3 is 1. The molecule has 5 heteroatoms. The lowest BCUT2D eigenvalue weighted by atomic mass is 10.2. The molecule has 2 atom stereocenters. The van der Waals surface area contributed by atoms with E-state index in [1.165, 1.54) is 0 Å². The summed E-state index contributed by atoms with van der Waals surface area (Å²) in [6.07, 6.45) is 3.95. The molecule has 5 nitrogen and oxygen atoms in total. The van der Waals surface area contributed by atoms with E-state index in [-0.39, 0.29) is 24.7 Å². The molecule has 0 aromatic carbocycles. The van der Waals surface area contributed by atoms with Crippen LogP contribution in [0, 0.1) is 0 Å². The molecular formula is C11H22N2O3. The smallest absolute Gasteiger partial charge is 0.246 e. The summed E-state index contributed by atoms with van der Waals surface area (Å²) in [7, 11) is 1.65. The van der Waals surface area contributed by atoms with E-state index < -0.39 is 0 Å². The van der Waals surface area contributed by atoms with E-state index >= 15 is 0 Å². The first-order valence-electron chi connectivity index (χ1n) is 5.87. The Morgan fingerprint density at radius 3 is 2.94 bits per heavy atom. The normalized spacial score (nSPS) is 24.6. The van der Waals surface area contributed by atoms with Gasteiger partial charge in [-0.1, -0.05) is 0 Å². The molecule has 0 saturated heterocycles. The summed E-state index contributed by atoms with van der Waals surface area (Å²) in [6, 6.07) is 0.0984. The van der Waals surface area contributed by atoms with Gasteiger partial charge in [0.05, 0.1) is 6.10 Å². The van der Waals surface area contributed by atoms with Gasteiger partial charge in [-0.2, -0.15) is 0 Å². The van der Waals surface area contributed by atoms with Gasteiger partial charge in [0, 0.05) is 26.3 Å². The van der Waals surface area contributed by atoms with Crippen molar-refractivity contribution in [1.29, 1.82) is 0 Å². The summed E-state index contributed by atoms with van der Waals surface area (Å²) >= 11 is 0. The SMILES string of the molecule is COCCCNC(=O)COC1CCCC1N. The Hall–Kier alpha value is -0.650. The van der Waals surface area contributed by atoms with E-state index in [4.69, 9.17) is 15.2 Å². The topological polar surface area (TPSA) is 73.6 Å². The fraction of sp³-hybridized carbons (Fsp3) is 0.909. The van der Waals surface area contributed by atoms with Crippen molar-refractivity contribution >= 4 is 5.91 Å². The minimum atomic E-state index is -0.0739. The molecule has 3 N–H and O–H groups in total. The van der Waals surface area contributed by atoms with Crippen LogP contribution in [0.3, 0.4) is 0 Å². The number of carbonyl (C=O) groups excluding carboxylic acids is 1. The van der Waals surface area contributed by atoms with Gasteiger partial charge in [0.15, 0.2) is 0 Å². The largest absolute Gasteiger partial charge is 0.385 e. The quantitative estimate of drug-likeness (QED) is 0.605. The van der Waals surface area contributed by atoms with Gasteiger partial charge in [0.1, 0.15) is 6.61 Å². The maximum absolute atomic E-state index is 11.4. The van der Waals surface area contributed by atoms with Crippen LogP contribution >= 0.6 is 0 Å². The van der Waals surface area contributed by atoms with Gasteiger partial charge in [0.2, 0.25) is 5.91 Å². The van der Waals surface area contributed by atoms with Gasteiger partial charge in [-0.05, 0) is 25.7 Å². The summed E-state index contributed by atoms with van der Waals surface area (Å²) in [4.78, 5) is 11.4. The van der Waals surface area contributed by atoms with Crippen molar-refractivity contribution in [2.45, 2.75) is 37.8 Å². The molecule has 0 aromatic heterocycles. The average molecular weight is 230 g/mol. The molecule has 1 rings (SSSR count). The Labute approximate surface area is 96.7 Å². The molecule has 94 valence electrons. The summed E-state index contributed by atoms with van der Waals surface area (Å²) < 4.78 is 10.3. The molecule has 0 radical (unpaired) electrons. The second-order valence-electron chi connectivity index (χ2n) is 4.14. The Morgan fingerprint density at radius 1 is 1.50 bits per heavy atom. The van der Waals surface area contributed by atoms with Crippen LogP contribution in [0.25, 0.3) is 0 Å². The number of amides is 1. The molecule has 1 saturated carbocycles. The lowest BCUT2D eigenvalue weighted by molar-refractivity contribution is -0.127. The highest BCUT2D eigenvalue weighted by molar-refractivity contribution is 5.77. The number of hydrogen-bond donors (Lipinski definition) is 2. The third-order valence-electron chi connectivity index (χ3n) is 2.78. The van der Waals surface area contributed by atoms with Crippen LogP contribution in [0.15, 0.2) is 0 Å². The highest BCUT2D eigenvalue weighted by Gasteiger charge is 2.24. The van der Waals surface area contributed by atoms with Crippen molar-refractivity contribution in [1.82, 2.24) is 5.32 Å². The van der Waals surface area contributed by atoms with Crippen LogP contribution in [0.5, 0.6) is 0 Å². The van der Waals surface area contributed by atoms with Crippen molar-refractivity contribution in [3.8, 4) is 0 Å². The van der Waals surface area contributed by atoms with Crippen molar-refractivity contribution in [3.63, 3.8) is 0 Å². The zero-order valence-corrected chi connectivity index (χ0v) is 9.91. The summed E-state index contributed by atoms with van der Waals surface area (Å²) in [6.45, 7) is 1.41. The molecule has 0 heterocycles. The van der Waals surface area contributed by atoms with Gasteiger partial charge >= 0.3 is 0 Å². The van der Waals surface area contributed by atoms with Crippen LogP contribution < -0.4 is 11.1 Å². The fourth-order valence-electron chi connectivity index (χ4n) is 1.84. The molecule has 0 aliphatic heterocycles. The van der Waals surface area contributed by atoms with E-state index in [0.717, 1.165) is 25.7 Å². The first-order valence-corrected chi connectivity index (χ1v) is 5.87. The van der Waals surface area contributed by atoms with E-state index in [1.807, 2.05) is 0 Å². The van der Waals surface area contributed by atoms with E-state index in [9.17, 15) is 4.79 Å². The van der Waals surface area contributed by atoms with Gasteiger partial charge in [-0.3, -0.25) is 4.79 Å². The minimum Gasteiger partial charge on any atom is -0.385 e. The highest BCUT2D eigenvalue weighted by Crippen LogP contribution is 2.19.